The van der Waals surface area contributed by atoms with Gasteiger partial charge in [0, 0.05) is 42.5 Å². The van der Waals surface area contributed by atoms with E-state index in [0.29, 0.717) is 43.3 Å². The number of amides is 3. The van der Waals surface area contributed by atoms with Gasteiger partial charge in [-0.2, -0.15) is 0 Å². The van der Waals surface area contributed by atoms with Crippen molar-refractivity contribution in [1.82, 2.24) is 20.9 Å². The molecule has 2 fully saturated rings. The van der Waals surface area contributed by atoms with Crippen LogP contribution in [0.3, 0.4) is 0 Å². The fourth-order valence-corrected chi connectivity index (χ4v) is 7.68. The number of nitrogens with zero attached hydrogens (tertiary/aromatic N) is 1. The lowest BCUT2D eigenvalue weighted by Crippen LogP contribution is -2.59. The Morgan fingerprint density at radius 1 is 1.00 bits per heavy atom. The summed E-state index contributed by atoms with van der Waals surface area (Å²) in [5.41, 5.74) is 2.58. The van der Waals surface area contributed by atoms with E-state index in [0.717, 1.165) is 49.8 Å². The SMILES string of the molecule is CC(C)(C)NC(=O)C1(C2CCCCC2)CCN(C(=O)C(Cc2ccc(Cl)cc2)NC(=O)CC2NCCc3ccccc32)CC1. The Morgan fingerprint density at radius 3 is 2.36 bits per heavy atom. The molecule has 2 aromatic rings. The highest BCUT2D eigenvalue weighted by molar-refractivity contribution is 6.30. The first kappa shape index (κ1) is 32.5. The third-order valence-corrected chi connectivity index (χ3v) is 10.1. The number of carbonyl (C=O) groups excluding carboxylic acids is 3. The summed E-state index contributed by atoms with van der Waals surface area (Å²) < 4.78 is 0. The van der Waals surface area contributed by atoms with Crippen LogP contribution < -0.4 is 16.0 Å². The van der Waals surface area contributed by atoms with Gasteiger partial charge in [-0.1, -0.05) is 67.3 Å². The Hall–Kier alpha value is -2.90. The van der Waals surface area contributed by atoms with E-state index in [1.54, 1.807) is 0 Å². The lowest BCUT2D eigenvalue weighted by Gasteiger charge is -2.48. The van der Waals surface area contributed by atoms with Crippen molar-refractivity contribution in [2.75, 3.05) is 19.6 Å². The normalized spacial score (nSPS) is 21.2. The van der Waals surface area contributed by atoms with Crippen LogP contribution in [-0.2, 0) is 27.2 Å². The first-order valence-electron chi connectivity index (χ1n) is 16.5. The van der Waals surface area contributed by atoms with Crippen LogP contribution in [0.15, 0.2) is 48.5 Å². The lowest BCUT2D eigenvalue weighted by molar-refractivity contribution is -0.147. The van der Waals surface area contributed by atoms with Gasteiger partial charge >= 0.3 is 0 Å². The Kier molecular flexibility index (Phi) is 10.4. The largest absolute Gasteiger partial charge is 0.351 e. The molecule has 3 amide bonds. The van der Waals surface area contributed by atoms with Gasteiger partial charge in [-0.3, -0.25) is 14.4 Å². The van der Waals surface area contributed by atoms with Crippen LogP contribution in [0.4, 0.5) is 0 Å². The molecule has 3 N–H and O–H groups in total. The summed E-state index contributed by atoms with van der Waals surface area (Å²) in [5.74, 6) is 0.241. The third kappa shape index (κ3) is 7.84. The average Bonchev–Trinajstić information content (AvgIpc) is 3.01. The fraction of sp³-hybridized carbons (Fsp3) is 0.583. The van der Waals surface area contributed by atoms with Crippen LogP contribution in [0.5, 0.6) is 0 Å². The van der Waals surface area contributed by atoms with Crippen LogP contribution in [0, 0.1) is 11.3 Å². The number of carbonyl (C=O) groups is 3. The molecule has 1 saturated heterocycles. The topological polar surface area (TPSA) is 90.5 Å². The Bertz CT molecular complexity index is 1310. The maximum Gasteiger partial charge on any atom is 0.245 e. The zero-order valence-corrected chi connectivity index (χ0v) is 27.3. The first-order valence-corrected chi connectivity index (χ1v) is 16.9. The number of benzene rings is 2. The highest BCUT2D eigenvalue weighted by Crippen LogP contribution is 2.46. The second-order valence-corrected chi connectivity index (χ2v) is 14.6. The molecule has 3 aliphatic rings. The maximum atomic E-state index is 14.2. The van der Waals surface area contributed by atoms with Crippen molar-refractivity contribution in [2.24, 2.45) is 11.3 Å². The van der Waals surface area contributed by atoms with Crippen LogP contribution in [-0.4, -0.2) is 53.8 Å². The number of halogens is 1. The molecule has 0 spiro atoms. The molecule has 0 radical (unpaired) electrons. The van der Waals surface area contributed by atoms with E-state index >= 15 is 0 Å². The lowest BCUT2D eigenvalue weighted by atomic mass is 9.63. The maximum absolute atomic E-state index is 14.2. The predicted molar refractivity (Wildman–Crippen MR) is 175 cm³/mol. The number of hydrogen-bond acceptors (Lipinski definition) is 4. The van der Waals surface area contributed by atoms with Crippen LogP contribution in [0.1, 0.15) is 94.9 Å². The molecular formula is C36H49ClN4O3. The monoisotopic (exact) mass is 620 g/mol. The van der Waals surface area contributed by atoms with Gasteiger partial charge in [0.05, 0.1) is 5.41 Å². The van der Waals surface area contributed by atoms with E-state index in [2.05, 4.69) is 28.1 Å². The van der Waals surface area contributed by atoms with E-state index in [9.17, 15) is 14.4 Å². The van der Waals surface area contributed by atoms with Crippen LogP contribution in [0.25, 0.3) is 0 Å². The fourth-order valence-electron chi connectivity index (χ4n) is 7.56. The van der Waals surface area contributed by atoms with Gasteiger partial charge in [0.2, 0.25) is 17.7 Å². The summed E-state index contributed by atoms with van der Waals surface area (Å²) in [5, 5.41) is 10.5. The molecule has 1 saturated carbocycles. The van der Waals surface area contributed by atoms with Crippen LogP contribution in [0.2, 0.25) is 5.02 Å². The van der Waals surface area contributed by atoms with Crippen molar-refractivity contribution < 1.29 is 14.4 Å². The molecule has 8 heteroatoms. The summed E-state index contributed by atoms with van der Waals surface area (Å²) in [6.07, 6.45) is 8.57. The third-order valence-electron chi connectivity index (χ3n) is 9.89. The number of rotatable bonds is 8. The van der Waals surface area contributed by atoms with Gasteiger partial charge in [0.25, 0.3) is 0 Å². The second kappa shape index (κ2) is 14.0. The van der Waals surface area contributed by atoms with Gasteiger partial charge in [-0.15, -0.1) is 0 Å². The van der Waals surface area contributed by atoms with Gasteiger partial charge in [0.1, 0.15) is 6.04 Å². The van der Waals surface area contributed by atoms with Gasteiger partial charge in [0.15, 0.2) is 0 Å². The quantitative estimate of drug-likeness (QED) is 0.351. The molecule has 0 bridgehead atoms. The van der Waals surface area contributed by atoms with Gasteiger partial charge < -0.3 is 20.9 Å². The molecule has 2 atom stereocenters. The van der Waals surface area contributed by atoms with E-state index < -0.39 is 11.5 Å². The van der Waals surface area contributed by atoms with Crippen molar-refractivity contribution in [1.29, 1.82) is 0 Å². The molecular weight excluding hydrogens is 572 g/mol. The summed E-state index contributed by atoms with van der Waals surface area (Å²) >= 11 is 6.14. The second-order valence-electron chi connectivity index (χ2n) is 14.1. The highest BCUT2D eigenvalue weighted by Gasteiger charge is 2.49. The molecule has 2 aliphatic heterocycles. The van der Waals surface area contributed by atoms with Crippen molar-refractivity contribution in [3.05, 3.63) is 70.2 Å². The number of nitrogens with one attached hydrogen (secondary N) is 3. The van der Waals surface area contributed by atoms with E-state index in [4.69, 9.17) is 11.6 Å². The molecule has 5 rings (SSSR count). The summed E-state index contributed by atoms with van der Waals surface area (Å²) in [6.45, 7) is 7.94. The van der Waals surface area contributed by atoms with E-state index in [1.807, 2.05) is 62.1 Å². The minimum atomic E-state index is -0.701. The predicted octanol–water partition coefficient (Wildman–Crippen LogP) is 5.75. The Balaban J connectivity index is 1.31. The highest BCUT2D eigenvalue weighted by atomic mass is 35.5. The van der Waals surface area contributed by atoms with Gasteiger partial charge in [-0.05, 0) is 94.2 Å². The minimum Gasteiger partial charge on any atom is -0.351 e. The van der Waals surface area contributed by atoms with E-state index in [1.165, 1.54) is 12.0 Å². The smallest absolute Gasteiger partial charge is 0.245 e. The zero-order chi connectivity index (χ0) is 31.3. The van der Waals surface area contributed by atoms with Crippen molar-refractivity contribution >= 4 is 29.3 Å². The molecule has 2 aromatic carbocycles. The van der Waals surface area contributed by atoms with Crippen molar-refractivity contribution in [2.45, 2.75) is 103 Å². The number of fused-ring (bicyclic) bond motifs is 1. The summed E-state index contributed by atoms with van der Waals surface area (Å²) in [6, 6.07) is 14.9. The summed E-state index contributed by atoms with van der Waals surface area (Å²) in [7, 11) is 0. The van der Waals surface area contributed by atoms with Crippen molar-refractivity contribution in [3.63, 3.8) is 0 Å². The Labute approximate surface area is 267 Å². The molecule has 2 heterocycles. The first-order chi connectivity index (χ1) is 21.0. The molecule has 7 nitrogen and oxygen atoms in total. The number of hydrogen-bond donors (Lipinski definition) is 3. The average molecular weight is 621 g/mol. The molecule has 0 aromatic heterocycles. The zero-order valence-electron chi connectivity index (χ0n) is 26.6. The molecule has 1 aliphatic carbocycles. The summed E-state index contributed by atoms with van der Waals surface area (Å²) in [4.78, 5) is 43.4. The number of piperidine rings is 1. The number of likely N-dealkylation sites (tertiary alicyclic amines) is 1. The molecule has 2 unspecified atom stereocenters. The minimum absolute atomic E-state index is 0.0845. The standard InChI is InChI=1S/C36H49ClN4O3/c1-35(2,3)40-34(44)36(27-10-5-4-6-11-27)18-21-41(22-19-36)33(43)31(23-25-13-15-28(37)16-14-25)39-32(42)24-30-29-12-8-7-9-26(29)17-20-38-30/h7-9,12-16,27,30-31,38H,4-6,10-11,17-24H2,1-3H3,(H,39,42)(H,40,44). The molecule has 238 valence electrons. The van der Waals surface area contributed by atoms with E-state index in [-0.39, 0.29) is 35.7 Å². The van der Waals surface area contributed by atoms with Crippen LogP contribution >= 0.6 is 11.6 Å². The molecule has 44 heavy (non-hydrogen) atoms. The Morgan fingerprint density at radius 2 is 1.68 bits per heavy atom. The van der Waals surface area contributed by atoms with Gasteiger partial charge in [-0.25, -0.2) is 0 Å². The van der Waals surface area contributed by atoms with Crippen molar-refractivity contribution in [3.8, 4) is 0 Å².